The summed E-state index contributed by atoms with van der Waals surface area (Å²) in [4.78, 5) is 11.9. The maximum atomic E-state index is 11.9. The van der Waals surface area contributed by atoms with Crippen molar-refractivity contribution in [2.75, 3.05) is 6.79 Å². The predicted molar refractivity (Wildman–Crippen MR) is 69.1 cm³/mol. The summed E-state index contributed by atoms with van der Waals surface area (Å²) in [7, 11) is 0. The number of carbonyl (C=O) groups is 1. The number of rotatable bonds is 3. The van der Waals surface area contributed by atoms with Gasteiger partial charge in [-0.3, -0.25) is 4.79 Å². The van der Waals surface area contributed by atoms with Gasteiger partial charge in [0.25, 0.3) is 0 Å². The Kier molecular flexibility index (Phi) is 4.94. The lowest BCUT2D eigenvalue weighted by molar-refractivity contribution is -0.240. The molecule has 108 valence electrons. The largest absolute Gasteiger partial charge is 0.460 e. The monoisotopic (exact) mass is 269 g/mol. The van der Waals surface area contributed by atoms with Crippen molar-refractivity contribution in [2.45, 2.75) is 65.3 Å². The zero-order chi connectivity index (χ0) is 14.7. The minimum absolute atomic E-state index is 0.114. The third-order valence-electron chi connectivity index (χ3n) is 3.25. The standard InChI is InChI=1S/C14H23NO4/c1-13(2,3)19-12(16)8-11-14(4,5)10(6-7-15)17-9-18-11/h10-11H,6,8-9H2,1-5H3/t10-,11+/m0/s1. The van der Waals surface area contributed by atoms with Gasteiger partial charge in [0.05, 0.1) is 31.1 Å². The molecular formula is C14H23NO4. The Morgan fingerprint density at radius 1 is 1.37 bits per heavy atom. The van der Waals surface area contributed by atoms with E-state index >= 15 is 0 Å². The van der Waals surface area contributed by atoms with Crippen LogP contribution in [-0.4, -0.2) is 30.6 Å². The highest BCUT2D eigenvalue weighted by Crippen LogP contribution is 2.37. The van der Waals surface area contributed by atoms with Crippen molar-refractivity contribution in [3.05, 3.63) is 0 Å². The first-order valence-corrected chi connectivity index (χ1v) is 6.49. The van der Waals surface area contributed by atoms with E-state index in [1.807, 2.05) is 34.6 Å². The smallest absolute Gasteiger partial charge is 0.308 e. The molecule has 1 aliphatic heterocycles. The summed E-state index contributed by atoms with van der Waals surface area (Å²) in [5.74, 6) is -0.289. The summed E-state index contributed by atoms with van der Waals surface area (Å²) < 4.78 is 16.3. The van der Waals surface area contributed by atoms with Crippen LogP contribution in [0.4, 0.5) is 0 Å². The van der Waals surface area contributed by atoms with Gasteiger partial charge >= 0.3 is 5.97 Å². The second kappa shape index (κ2) is 5.89. The Hall–Kier alpha value is -1.12. The highest BCUT2D eigenvalue weighted by molar-refractivity contribution is 5.70. The summed E-state index contributed by atoms with van der Waals surface area (Å²) in [5.41, 5.74) is -0.899. The molecule has 0 aromatic heterocycles. The summed E-state index contributed by atoms with van der Waals surface area (Å²) in [5, 5.41) is 8.81. The Morgan fingerprint density at radius 3 is 2.47 bits per heavy atom. The van der Waals surface area contributed by atoms with Gasteiger partial charge in [-0.15, -0.1) is 0 Å². The molecule has 0 amide bonds. The quantitative estimate of drug-likeness (QED) is 0.736. The van der Waals surface area contributed by atoms with Crippen LogP contribution in [-0.2, 0) is 19.0 Å². The summed E-state index contributed by atoms with van der Waals surface area (Å²) in [6.07, 6.45) is -0.0513. The van der Waals surface area contributed by atoms with Crippen molar-refractivity contribution in [1.29, 1.82) is 5.26 Å². The van der Waals surface area contributed by atoms with E-state index in [1.54, 1.807) is 0 Å². The maximum absolute atomic E-state index is 11.9. The molecule has 0 saturated carbocycles. The zero-order valence-electron chi connectivity index (χ0n) is 12.4. The molecule has 1 rings (SSSR count). The molecule has 1 fully saturated rings. The van der Waals surface area contributed by atoms with E-state index in [9.17, 15) is 4.79 Å². The van der Waals surface area contributed by atoms with Crippen LogP contribution in [0.2, 0.25) is 0 Å². The van der Waals surface area contributed by atoms with E-state index in [4.69, 9.17) is 19.5 Å². The molecule has 1 saturated heterocycles. The molecule has 0 radical (unpaired) electrons. The van der Waals surface area contributed by atoms with Gasteiger partial charge in [-0.25, -0.2) is 0 Å². The van der Waals surface area contributed by atoms with Crippen LogP contribution < -0.4 is 0 Å². The topological polar surface area (TPSA) is 68.6 Å². The van der Waals surface area contributed by atoms with E-state index < -0.39 is 11.0 Å². The van der Waals surface area contributed by atoms with E-state index in [1.165, 1.54) is 0 Å². The van der Waals surface area contributed by atoms with Crippen molar-refractivity contribution in [2.24, 2.45) is 5.41 Å². The lowest BCUT2D eigenvalue weighted by Crippen LogP contribution is -2.49. The number of nitrogens with zero attached hydrogens (tertiary/aromatic N) is 1. The number of ether oxygens (including phenoxy) is 3. The highest BCUT2D eigenvalue weighted by Gasteiger charge is 2.43. The van der Waals surface area contributed by atoms with Gasteiger partial charge in [-0.1, -0.05) is 13.8 Å². The first-order valence-electron chi connectivity index (χ1n) is 6.49. The molecule has 0 aromatic carbocycles. The number of esters is 1. The predicted octanol–water partition coefficient (Wildman–Crippen LogP) is 2.40. The van der Waals surface area contributed by atoms with Crippen LogP contribution in [0.5, 0.6) is 0 Å². The maximum Gasteiger partial charge on any atom is 0.308 e. The third kappa shape index (κ3) is 4.48. The summed E-state index contributed by atoms with van der Waals surface area (Å²) in [6, 6.07) is 2.11. The Balaban J connectivity index is 2.67. The van der Waals surface area contributed by atoms with E-state index in [2.05, 4.69) is 6.07 Å². The molecule has 1 aliphatic rings. The second-order valence-electron chi connectivity index (χ2n) is 6.40. The first kappa shape index (κ1) is 15.9. The molecular weight excluding hydrogens is 246 g/mol. The molecule has 5 heteroatoms. The van der Waals surface area contributed by atoms with E-state index in [0.29, 0.717) is 6.42 Å². The lowest BCUT2D eigenvalue weighted by Gasteiger charge is -2.43. The molecule has 5 nitrogen and oxygen atoms in total. The van der Waals surface area contributed by atoms with Crippen LogP contribution in [0.3, 0.4) is 0 Å². The number of hydrogen-bond acceptors (Lipinski definition) is 5. The van der Waals surface area contributed by atoms with Gasteiger partial charge in [0.1, 0.15) is 12.4 Å². The molecule has 19 heavy (non-hydrogen) atoms. The normalized spacial score (nSPS) is 26.5. The molecule has 2 atom stereocenters. The molecule has 1 heterocycles. The zero-order valence-corrected chi connectivity index (χ0v) is 12.4. The molecule has 0 N–H and O–H groups in total. The lowest BCUT2D eigenvalue weighted by atomic mass is 9.77. The van der Waals surface area contributed by atoms with Gasteiger partial charge in [-0.05, 0) is 20.8 Å². The first-order chi connectivity index (χ1) is 8.66. The van der Waals surface area contributed by atoms with Crippen LogP contribution in [0.15, 0.2) is 0 Å². The van der Waals surface area contributed by atoms with Crippen molar-refractivity contribution in [1.82, 2.24) is 0 Å². The number of hydrogen-bond donors (Lipinski definition) is 0. The fourth-order valence-corrected chi connectivity index (χ4v) is 2.10. The molecule has 0 aliphatic carbocycles. The average Bonchev–Trinajstić information content (AvgIpc) is 2.22. The second-order valence-corrected chi connectivity index (χ2v) is 6.40. The van der Waals surface area contributed by atoms with E-state index in [0.717, 1.165) is 0 Å². The van der Waals surface area contributed by atoms with E-state index in [-0.39, 0.29) is 31.4 Å². The Bertz CT molecular complexity index is 365. The average molecular weight is 269 g/mol. The van der Waals surface area contributed by atoms with Gasteiger partial charge in [0.2, 0.25) is 0 Å². The Morgan fingerprint density at radius 2 is 1.95 bits per heavy atom. The fraction of sp³-hybridized carbons (Fsp3) is 0.857. The number of nitriles is 1. The summed E-state index contributed by atoms with van der Waals surface area (Å²) >= 11 is 0. The van der Waals surface area contributed by atoms with Crippen LogP contribution >= 0.6 is 0 Å². The Labute approximate surface area is 114 Å². The molecule has 0 unspecified atom stereocenters. The van der Waals surface area contributed by atoms with Crippen LogP contribution in [0, 0.1) is 16.7 Å². The molecule has 0 aromatic rings. The molecule has 0 spiro atoms. The summed E-state index contributed by atoms with van der Waals surface area (Å²) in [6.45, 7) is 9.51. The minimum Gasteiger partial charge on any atom is -0.460 e. The molecule has 0 bridgehead atoms. The highest BCUT2D eigenvalue weighted by atomic mass is 16.7. The minimum atomic E-state index is -0.502. The van der Waals surface area contributed by atoms with Crippen molar-refractivity contribution in [3.63, 3.8) is 0 Å². The van der Waals surface area contributed by atoms with Crippen molar-refractivity contribution >= 4 is 5.97 Å². The van der Waals surface area contributed by atoms with Gasteiger partial charge < -0.3 is 14.2 Å². The van der Waals surface area contributed by atoms with Crippen LogP contribution in [0.25, 0.3) is 0 Å². The van der Waals surface area contributed by atoms with Gasteiger partial charge in [0.15, 0.2) is 0 Å². The van der Waals surface area contributed by atoms with Crippen molar-refractivity contribution in [3.8, 4) is 6.07 Å². The van der Waals surface area contributed by atoms with Gasteiger partial charge in [-0.2, -0.15) is 5.26 Å². The number of carbonyl (C=O) groups excluding carboxylic acids is 1. The van der Waals surface area contributed by atoms with Crippen molar-refractivity contribution < 1.29 is 19.0 Å². The fourth-order valence-electron chi connectivity index (χ4n) is 2.10. The SMILES string of the molecule is CC(C)(C)OC(=O)C[C@H]1OCO[C@@H](CC#N)C1(C)C. The van der Waals surface area contributed by atoms with Crippen LogP contribution in [0.1, 0.15) is 47.5 Å². The van der Waals surface area contributed by atoms with Gasteiger partial charge in [0, 0.05) is 5.41 Å². The third-order valence-corrected chi connectivity index (χ3v) is 3.25.